The maximum Gasteiger partial charge on any atom is 0.252 e. The van der Waals surface area contributed by atoms with Gasteiger partial charge in [0.25, 0.3) is 5.91 Å². The van der Waals surface area contributed by atoms with Gasteiger partial charge in [-0.1, -0.05) is 0 Å². The van der Waals surface area contributed by atoms with E-state index in [0.717, 1.165) is 25.9 Å². The Morgan fingerprint density at radius 1 is 1.53 bits per heavy atom. The summed E-state index contributed by atoms with van der Waals surface area (Å²) in [6.07, 6.45) is 2.01. The van der Waals surface area contributed by atoms with Gasteiger partial charge in [0.15, 0.2) is 0 Å². The van der Waals surface area contributed by atoms with Gasteiger partial charge in [0.2, 0.25) is 0 Å². The lowest BCUT2D eigenvalue weighted by Gasteiger charge is -2.24. The van der Waals surface area contributed by atoms with Crippen LogP contribution in [0.4, 0.5) is 4.39 Å². The summed E-state index contributed by atoms with van der Waals surface area (Å²) in [5, 5.41) is 6.12. The topological polar surface area (TPSA) is 41.1 Å². The SMILES string of the molecule is O=C(N[C@@H]1CCCNC1)c1cc(F)ccc1Br. The van der Waals surface area contributed by atoms with E-state index in [9.17, 15) is 9.18 Å². The highest BCUT2D eigenvalue weighted by Gasteiger charge is 2.18. The van der Waals surface area contributed by atoms with Crippen molar-refractivity contribution in [3.8, 4) is 0 Å². The fraction of sp³-hybridized carbons (Fsp3) is 0.417. The van der Waals surface area contributed by atoms with Crippen molar-refractivity contribution >= 4 is 21.8 Å². The number of hydrogen-bond acceptors (Lipinski definition) is 2. The number of rotatable bonds is 2. The van der Waals surface area contributed by atoms with Crippen LogP contribution in [0.25, 0.3) is 0 Å². The van der Waals surface area contributed by atoms with E-state index < -0.39 is 5.82 Å². The largest absolute Gasteiger partial charge is 0.348 e. The second-order valence-corrected chi connectivity index (χ2v) is 5.00. The highest BCUT2D eigenvalue weighted by atomic mass is 79.9. The minimum atomic E-state index is -0.403. The van der Waals surface area contributed by atoms with E-state index in [1.165, 1.54) is 12.1 Å². The van der Waals surface area contributed by atoms with E-state index in [1.54, 1.807) is 6.07 Å². The quantitative estimate of drug-likeness (QED) is 0.878. The van der Waals surface area contributed by atoms with Crippen LogP contribution in [0, 0.1) is 5.82 Å². The summed E-state index contributed by atoms with van der Waals surface area (Å²) in [5.74, 6) is -0.634. The summed E-state index contributed by atoms with van der Waals surface area (Å²) < 4.78 is 13.7. The van der Waals surface area contributed by atoms with Gasteiger partial charge in [-0.25, -0.2) is 4.39 Å². The average Bonchev–Trinajstić information content (AvgIpc) is 2.33. The molecule has 0 radical (unpaired) electrons. The van der Waals surface area contributed by atoms with Crippen LogP contribution in [-0.2, 0) is 0 Å². The highest BCUT2D eigenvalue weighted by Crippen LogP contribution is 2.18. The van der Waals surface area contributed by atoms with Crippen molar-refractivity contribution in [3.05, 3.63) is 34.1 Å². The van der Waals surface area contributed by atoms with E-state index in [4.69, 9.17) is 0 Å². The van der Waals surface area contributed by atoms with Gasteiger partial charge >= 0.3 is 0 Å². The third kappa shape index (κ3) is 3.26. The van der Waals surface area contributed by atoms with E-state index >= 15 is 0 Å². The molecule has 1 atom stereocenters. The maximum atomic E-state index is 13.1. The fourth-order valence-corrected chi connectivity index (χ4v) is 2.34. The van der Waals surface area contributed by atoms with Gasteiger partial charge in [-0.3, -0.25) is 4.79 Å². The lowest BCUT2D eigenvalue weighted by atomic mass is 10.1. The van der Waals surface area contributed by atoms with E-state index in [1.807, 2.05) is 0 Å². The molecule has 2 rings (SSSR count). The van der Waals surface area contributed by atoms with Crippen molar-refractivity contribution in [1.82, 2.24) is 10.6 Å². The monoisotopic (exact) mass is 300 g/mol. The van der Waals surface area contributed by atoms with Crippen LogP contribution in [0.3, 0.4) is 0 Å². The van der Waals surface area contributed by atoms with Gasteiger partial charge in [-0.05, 0) is 53.5 Å². The van der Waals surface area contributed by atoms with Crippen molar-refractivity contribution in [1.29, 1.82) is 0 Å². The molecule has 0 unspecified atom stereocenters. The predicted molar refractivity (Wildman–Crippen MR) is 67.5 cm³/mol. The Hall–Kier alpha value is -0.940. The van der Waals surface area contributed by atoms with Crippen molar-refractivity contribution in [2.45, 2.75) is 18.9 Å². The number of halogens is 2. The van der Waals surface area contributed by atoms with Gasteiger partial charge < -0.3 is 10.6 Å². The molecule has 17 heavy (non-hydrogen) atoms. The first-order valence-corrected chi connectivity index (χ1v) is 6.43. The molecule has 1 aromatic carbocycles. The van der Waals surface area contributed by atoms with Crippen LogP contribution < -0.4 is 10.6 Å². The van der Waals surface area contributed by atoms with E-state index in [0.29, 0.717) is 10.0 Å². The zero-order chi connectivity index (χ0) is 12.3. The molecule has 2 N–H and O–H groups in total. The predicted octanol–water partition coefficient (Wildman–Crippen LogP) is 2.07. The molecular formula is C12H14BrFN2O. The molecule has 5 heteroatoms. The lowest BCUT2D eigenvalue weighted by Crippen LogP contribution is -2.45. The van der Waals surface area contributed by atoms with Gasteiger partial charge in [0, 0.05) is 17.1 Å². The number of carbonyl (C=O) groups excluding carboxylic acids is 1. The van der Waals surface area contributed by atoms with Gasteiger partial charge in [-0.2, -0.15) is 0 Å². The Morgan fingerprint density at radius 2 is 2.35 bits per heavy atom. The molecule has 0 aliphatic carbocycles. The Kier molecular flexibility index (Phi) is 4.12. The molecule has 0 aromatic heterocycles. The van der Waals surface area contributed by atoms with Crippen molar-refractivity contribution in [2.24, 2.45) is 0 Å². The Labute approximate surface area is 108 Å². The third-order valence-electron chi connectivity index (χ3n) is 2.81. The molecule has 0 spiro atoms. The normalized spacial score (nSPS) is 20.0. The van der Waals surface area contributed by atoms with Gasteiger partial charge in [0.1, 0.15) is 5.82 Å². The first-order chi connectivity index (χ1) is 8.16. The number of benzene rings is 1. The molecule has 3 nitrogen and oxygen atoms in total. The van der Waals surface area contributed by atoms with Crippen LogP contribution in [0.1, 0.15) is 23.2 Å². The zero-order valence-electron chi connectivity index (χ0n) is 9.30. The number of carbonyl (C=O) groups is 1. The van der Waals surface area contributed by atoms with E-state index in [-0.39, 0.29) is 11.9 Å². The van der Waals surface area contributed by atoms with Crippen molar-refractivity contribution < 1.29 is 9.18 Å². The van der Waals surface area contributed by atoms with Crippen LogP contribution in [0.2, 0.25) is 0 Å². The lowest BCUT2D eigenvalue weighted by molar-refractivity contribution is 0.0929. The summed E-state index contributed by atoms with van der Waals surface area (Å²) in [6.45, 7) is 1.77. The zero-order valence-corrected chi connectivity index (χ0v) is 10.9. The van der Waals surface area contributed by atoms with Crippen LogP contribution in [-0.4, -0.2) is 25.0 Å². The van der Waals surface area contributed by atoms with Crippen LogP contribution in [0.15, 0.2) is 22.7 Å². The minimum absolute atomic E-state index is 0.131. The summed E-state index contributed by atoms with van der Waals surface area (Å²) in [5.41, 5.74) is 0.343. The molecular weight excluding hydrogens is 287 g/mol. The van der Waals surface area contributed by atoms with Crippen molar-refractivity contribution in [3.63, 3.8) is 0 Å². The number of amides is 1. The molecule has 1 aliphatic rings. The Morgan fingerprint density at radius 3 is 3.06 bits per heavy atom. The summed E-state index contributed by atoms with van der Waals surface area (Å²) >= 11 is 3.25. The second-order valence-electron chi connectivity index (χ2n) is 4.14. The first-order valence-electron chi connectivity index (χ1n) is 5.63. The van der Waals surface area contributed by atoms with Crippen LogP contribution in [0.5, 0.6) is 0 Å². The number of nitrogens with one attached hydrogen (secondary N) is 2. The molecule has 92 valence electrons. The minimum Gasteiger partial charge on any atom is -0.348 e. The molecule has 1 heterocycles. The molecule has 1 saturated heterocycles. The second kappa shape index (κ2) is 5.60. The molecule has 0 saturated carbocycles. The summed E-state index contributed by atoms with van der Waals surface area (Å²) in [6, 6.07) is 4.24. The number of hydrogen-bond donors (Lipinski definition) is 2. The van der Waals surface area contributed by atoms with E-state index in [2.05, 4.69) is 26.6 Å². The average molecular weight is 301 g/mol. The molecule has 1 aliphatic heterocycles. The van der Waals surface area contributed by atoms with Crippen molar-refractivity contribution in [2.75, 3.05) is 13.1 Å². The Bertz CT molecular complexity index is 419. The molecule has 0 bridgehead atoms. The maximum absolute atomic E-state index is 13.1. The molecule has 1 aromatic rings. The summed E-state index contributed by atoms with van der Waals surface area (Å²) in [7, 11) is 0. The molecule has 1 fully saturated rings. The van der Waals surface area contributed by atoms with Gasteiger partial charge in [-0.15, -0.1) is 0 Å². The third-order valence-corrected chi connectivity index (χ3v) is 3.50. The van der Waals surface area contributed by atoms with Crippen LogP contribution >= 0.6 is 15.9 Å². The molecule has 1 amide bonds. The van der Waals surface area contributed by atoms with Gasteiger partial charge in [0.05, 0.1) is 5.56 Å². The fourth-order valence-electron chi connectivity index (χ4n) is 1.91. The standard InChI is InChI=1S/C12H14BrFN2O/c13-11-4-3-8(14)6-10(11)12(17)16-9-2-1-5-15-7-9/h3-4,6,9,15H,1-2,5,7H2,(H,16,17)/t9-/m1/s1. The smallest absolute Gasteiger partial charge is 0.252 e. The summed E-state index contributed by atoms with van der Waals surface area (Å²) in [4.78, 5) is 12.0. The first kappa shape index (κ1) is 12.5. The Balaban J connectivity index is 2.05. The highest BCUT2D eigenvalue weighted by molar-refractivity contribution is 9.10. The number of piperidine rings is 1.